The van der Waals surface area contributed by atoms with Crippen LogP contribution in [0.2, 0.25) is 0 Å². The van der Waals surface area contributed by atoms with E-state index in [9.17, 15) is 0 Å². The lowest BCUT2D eigenvalue weighted by atomic mass is 10.4. The monoisotopic (exact) mass is 227 g/mol. The van der Waals surface area contributed by atoms with Crippen molar-refractivity contribution in [2.24, 2.45) is 0 Å². The number of aromatic nitrogens is 1. The van der Waals surface area contributed by atoms with Crippen molar-refractivity contribution >= 4 is 11.5 Å². The lowest BCUT2D eigenvalue weighted by Crippen LogP contribution is -2.11. The molecule has 0 aliphatic carbocycles. The number of hydrogen-bond acceptors (Lipinski definition) is 6. The van der Waals surface area contributed by atoms with Crippen LogP contribution in [0.3, 0.4) is 0 Å². The Labute approximate surface area is 94.5 Å². The van der Waals surface area contributed by atoms with Crippen LogP contribution >= 0.6 is 0 Å². The van der Waals surface area contributed by atoms with Gasteiger partial charge in [0.25, 0.3) is 0 Å². The van der Waals surface area contributed by atoms with Gasteiger partial charge in [0.1, 0.15) is 6.61 Å². The Morgan fingerprint density at radius 3 is 2.56 bits per heavy atom. The van der Waals surface area contributed by atoms with Crippen LogP contribution in [0.4, 0.5) is 11.5 Å². The van der Waals surface area contributed by atoms with Crippen molar-refractivity contribution in [3.05, 3.63) is 12.1 Å². The number of rotatable bonds is 7. The number of nitrogens with zero attached hydrogens (tertiary/aromatic N) is 1. The zero-order chi connectivity index (χ0) is 11.8. The average Bonchev–Trinajstić information content (AvgIpc) is 2.28. The van der Waals surface area contributed by atoms with Gasteiger partial charge in [-0.15, -0.1) is 0 Å². The fraction of sp³-hybridized carbons (Fsp3) is 0.500. The van der Waals surface area contributed by atoms with Gasteiger partial charge < -0.3 is 25.7 Å². The molecule has 0 aromatic carbocycles. The van der Waals surface area contributed by atoms with Crippen molar-refractivity contribution in [3.8, 4) is 5.88 Å². The van der Waals surface area contributed by atoms with Crippen molar-refractivity contribution < 1.29 is 14.2 Å². The maximum absolute atomic E-state index is 5.53. The standard InChI is InChI=1S/C10H17N3O3/c1-14-4-5-15-6-7-16-9-3-2-8(11)10(12)13-9/h2-3H,4-7,11H2,1H3,(H2,12,13). The predicted octanol–water partition coefficient (Wildman–Crippen LogP) is 0.288. The molecule has 6 nitrogen and oxygen atoms in total. The van der Waals surface area contributed by atoms with E-state index in [2.05, 4.69) is 4.98 Å². The number of hydrogen-bond donors (Lipinski definition) is 2. The van der Waals surface area contributed by atoms with Crippen LogP contribution in [-0.4, -0.2) is 38.5 Å². The third-order valence-corrected chi connectivity index (χ3v) is 1.84. The largest absolute Gasteiger partial charge is 0.475 e. The molecule has 1 rings (SSSR count). The fourth-order valence-electron chi connectivity index (χ4n) is 0.997. The van der Waals surface area contributed by atoms with E-state index in [4.69, 9.17) is 25.7 Å². The highest BCUT2D eigenvalue weighted by molar-refractivity contribution is 5.58. The van der Waals surface area contributed by atoms with E-state index in [0.29, 0.717) is 38.0 Å². The summed E-state index contributed by atoms with van der Waals surface area (Å²) in [6, 6.07) is 3.32. The molecule has 6 heteroatoms. The lowest BCUT2D eigenvalue weighted by Gasteiger charge is -2.07. The van der Waals surface area contributed by atoms with Gasteiger partial charge >= 0.3 is 0 Å². The normalized spacial score (nSPS) is 10.3. The second-order valence-electron chi connectivity index (χ2n) is 3.08. The Morgan fingerprint density at radius 1 is 1.12 bits per heavy atom. The minimum atomic E-state index is 0.276. The zero-order valence-electron chi connectivity index (χ0n) is 9.31. The number of anilines is 2. The summed E-state index contributed by atoms with van der Waals surface area (Å²) in [6.07, 6.45) is 0. The molecule has 0 bridgehead atoms. The molecule has 4 N–H and O–H groups in total. The summed E-state index contributed by atoms with van der Waals surface area (Å²) in [5.41, 5.74) is 11.5. The molecule has 0 aliphatic rings. The minimum Gasteiger partial charge on any atom is -0.475 e. The van der Waals surface area contributed by atoms with Crippen LogP contribution in [0.5, 0.6) is 5.88 Å². The van der Waals surface area contributed by atoms with Gasteiger partial charge in [-0.3, -0.25) is 0 Å². The van der Waals surface area contributed by atoms with Crippen LogP contribution in [0.25, 0.3) is 0 Å². The highest BCUT2D eigenvalue weighted by Crippen LogP contribution is 2.15. The molecule has 0 unspecified atom stereocenters. The number of nitrogens with two attached hydrogens (primary N) is 2. The van der Waals surface area contributed by atoms with Crippen LogP contribution in [-0.2, 0) is 9.47 Å². The molecule has 1 aromatic rings. The number of ether oxygens (including phenoxy) is 3. The second-order valence-corrected chi connectivity index (χ2v) is 3.08. The first-order chi connectivity index (χ1) is 7.74. The first kappa shape index (κ1) is 12.5. The van der Waals surface area contributed by atoms with Gasteiger partial charge in [0.15, 0.2) is 5.82 Å². The molecular formula is C10H17N3O3. The van der Waals surface area contributed by atoms with Gasteiger partial charge in [0.2, 0.25) is 5.88 Å². The molecule has 16 heavy (non-hydrogen) atoms. The molecule has 0 fully saturated rings. The van der Waals surface area contributed by atoms with Crippen molar-refractivity contribution in [1.29, 1.82) is 0 Å². The second kappa shape index (κ2) is 6.86. The molecule has 0 saturated heterocycles. The van der Waals surface area contributed by atoms with Crippen LogP contribution in [0.15, 0.2) is 12.1 Å². The number of nitrogen functional groups attached to an aromatic ring is 2. The molecule has 0 atom stereocenters. The third kappa shape index (κ3) is 4.33. The Balaban J connectivity index is 2.19. The van der Waals surface area contributed by atoms with Crippen LogP contribution in [0.1, 0.15) is 0 Å². The first-order valence-electron chi connectivity index (χ1n) is 4.95. The average molecular weight is 227 g/mol. The lowest BCUT2D eigenvalue weighted by molar-refractivity contribution is 0.0537. The van der Waals surface area contributed by atoms with E-state index in [1.165, 1.54) is 0 Å². The van der Waals surface area contributed by atoms with Gasteiger partial charge in [-0.1, -0.05) is 0 Å². The summed E-state index contributed by atoms with van der Waals surface area (Å²) in [5.74, 6) is 0.722. The molecule has 1 aromatic heterocycles. The van der Waals surface area contributed by atoms with E-state index >= 15 is 0 Å². The molecule has 0 saturated carbocycles. The minimum absolute atomic E-state index is 0.276. The molecule has 0 amide bonds. The van der Waals surface area contributed by atoms with E-state index in [1.807, 2.05) is 0 Å². The smallest absolute Gasteiger partial charge is 0.215 e. The topological polar surface area (TPSA) is 92.6 Å². The molecule has 0 radical (unpaired) electrons. The Bertz CT molecular complexity index is 320. The molecule has 0 spiro atoms. The summed E-state index contributed by atoms with van der Waals surface area (Å²) in [7, 11) is 1.63. The maximum Gasteiger partial charge on any atom is 0.215 e. The Hall–Kier alpha value is -1.53. The van der Waals surface area contributed by atoms with E-state index in [1.54, 1.807) is 19.2 Å². The molecular weight excluding hydrogens is 210 g/mol. The maximum atomic E-state index is 5.53. The summed E-state index contributed by atoms with van der Waals surface area (Å²) in [5, 5.41) is 0. The van der Waals surface area contributed by atoms with E-state index < -0.39 is 0 Å². The van der Waals surface area contributed by atoms with E-state index in [-0.39, 0.29) is 5.82 Å². The van der Waals surface area contributed by atoms with E-state index in [0.717, 1.165) is 0 Å². The highest BCUT2D eigenvalue weighted by Gasteiger charge is 1.99. The highest BCUT2D eigenvalue weighted by atomic mass is 16.5. The number of methoxy groups -OCH3 is 1. The first-order valence-corrected chi connectivity index (χ1v) is 4.95. The molecule has 90 valence electrons. The van der Waals surface area contributed by atoms with Crippen molar-refractivity contribution in [2.45, 2.75) is 0 Å². The van der Waals surface area contributed by atoms with Gasteiger partial charge in [-0.2, -0.15) is 4.98 Å². The van der Waals surface area contributed by atoms with Gasteiger partial charge in [-0.25, -0.2) is 0 Å². The van der Waals surface area contributed by atoms with Gasteiger partial charge in [-0.05, 0) is 6.07 Å². The number of pyridine rings is 1. The van der Waals surface area contributed by atoms with Gasteiger partial charge in [0, 0.05) is 13.2 Å². The summed E-state index contributed by atoms with van der Waals surface area (Å²) < 4.78 is 15.4. The summed E-state index contributed by atoms with van der Waals surface area (Å²) in [6.45, 7) is 2.03. The predicted molar refractivity (Wildman–Crippen MR) is 61.3 cm³/mol. The zero-order valence-corrected chi connectivity index (χ0v) is 9.31. The quantitative estimate of drug-likeness (QED) is 0.650. The Morgan fingerprint density at radius 2 is 1.88 bits per heavy atom. The SMILES string of the molecule is COCCOCCOc1ccc(N)c(N)n1. The van der Waals surface area contributed by atoms with Crippen molar-refractivity contribution in [3.63, 3.8) is 0 Å². The molecule has 1 heterocycles. The Kier molecular flexibility index (Phi) is 5.38. The third-order valence-electron chi connectivity index (χ3n) is 1.84. The van der Waals surface area contributed by atoms with Crippen LogP contribution < -0.4 is 16.2 Å². The van der Waals surface area contributed by atoms with Crippen LogP contribution in [0, 0.1) is 0 Å². The summed E-state index contributed by atoms with van der Waals surface area (Å²) >= 11 is 0. The summed E-state index contributed by atoms with van der Waals surface area (Å²) in [4.78, 5) is 3.96. The molecule has 0 aliphatic heterocycles. The van der Waals surface area contributed by atoms with Crippen molar-refractivity contribution in [2.75, 3.05) is 45.0 Å². The van der Waals surface area contributed by atoms with Gasteiger partial charge in [0.05, 0.1) is 25.5 Å². The van der Waals surface area contributed by atoms with Crippen molar-refractivity contribution in [1.82, 2.24) is 4.98 Å². The fourth-order valence-corrected chi connectivity index (χ4v) is 0.997.